The first kappa shape index (κ1) is 18.5. The highest BCUT2D eigenvalue weighted by Crippen LogP contribution is 2.31. The van der Waals surface area contributed by atoms with Crippen LogP contribution in [0.5, 0.6) is 5.75 Å². The van der Waals surface area contributed by atoms with E-state index in [1.54, 1.807) is 7.11 Å². The Morgan fingerprint density at radius 3 is 2.93 bits per heavy atom. The zero-order chi connectivity index (χ0) is 19.5. The molecule has 0 radical (unpaired) electrons. The van der Waals surface area contributed by atoms with E-state index in [0.717, 1.165) is 54.1 Å². The zero-order valence-electron chi connectivity index (χ0n) is 16.0. The monoisotopic (exact) mass is 379 g/mol. The Kier molecular flexibility index (Phi) is 5.30. The maximum atomic E-state index is 12.9. The van der Waals surface area contributed by atoms with Crippen LogP contribution in [-0.2, 0) is 22.4 Å². The highest BCUT2D eigenvalue weighted by atomic mass is 16.5. The second-order valence-corrected chi connectivity index (χ2v) is 7.31. The lowest BCUT2D eigenvalue weighted by atomic mass is 10.1. The Balaban J connectivity index is 1.47. The van der Waals surface area contributed by atoms with Crippen LogP contribution in [0.1, 0.15) is 24.0 Å². The molecular weight excluding hydrogens is 354 g/mol. The zero-order valence-corrected chi connectivity index (χ0v) is 16.0. The third-order valence-electron chi connectivity index (χ3n) is 5.42. The van der Waals surface area contributed by atoms with Gasteiger partial charge in [0.2, 0.25) is 11.8 Å². The van der Waals surface area contributed by atoms with Crippen LogP contribution in [0, 0.1) is 0 Å². The van der Waals surface area contributed by atoms with Crippen LogP contribution in [0.3, 0.4) is 0 Å². The molecule has 0 aromatic heterocycles. The molecule has 28 heavy (non-hydrogen) atoms. The van der Waals surface area contributed by atoms with Gasteiger partial charge in [0.05, 0.1) is 19.6 Å². The van der Waals surface area contributed by atoms with E-state index in [0.29, 0.717) is 13.0 Å². The number of ether oxygens (including phenoxy) is 1. The van der Waals surface area contributed by atoms with Gasteiger partial charge in [0, 0.05) is 17.9 Å². The molecule has 1 saturated heterocycles. The van der Waals surface area contributed by atoms with Crippen molar-refractivity contribution in [1.29, 1.82) is 0 Å². The van der Waals surface area contributed by atoms with Crippen molar-refractivity contribution < 1.29 is 14.3 Å². The molecule has 1 unspecified atom stereocenters. The molecule has 1 fully saturated rings. The minimum absolute atomic E-state index is 0.00953. The van der Waals surface area contributed by atoms with Crippen molar-refractivity contribution in [3.05, 3.63) is 53.6 Å². The fourth-order valence-electron chi connectivity index (χ4n) is 3.91. The third-order valence-corrected chi connectivity index (χ3v) is 5.42. The molecule has 2 amide bonds. The van der Waals surface area contributed by atoms with Gasteiger partial charge in [-0.25, -0.2) is 0 Å². The average molecular weight is 379 g/mol. The van der Waals surface area contributed by atoms with Crippen LogP contribution in [0.25, 0.3) is 0 Å². The van der Waals surface area contributed by atoms with E-state index < -0.39 is 0 Å². The molecule has 2 aliphatic rings. The van der Waals surface area contributed by atoms with Crippen LogP contribution < -0.4 is 20.3 Å². The molecule has 146 valence electrons. The maximum absolute atomic E-state index is 12.9. The van der Waals surface area contributed by atoms with Crippen molar-refractivity contribution in [2.24, 2.45) is 0 Å². The van der Waals surface area contributed by atoms with E-state index in [4.69, 9.17) is 4.74 Å². The smallest absolute Gasteiger partial charge is 0.241 e. The lowest BCUT2D eigenvalue weighted by molar-refractivity contribution is -0.118. The van der Waals surface area contributed by atoms with Crippen molar-refractivity contribution in [2.45, 2.75) is 31.7 Å². The number of nitrogens with zero attached hydrogens (tertiary/aromatic N) is 1. The van der Waals surface area contributed by atoms with Crippen LogP contribution in [0.2, 0.25) is 0 Å². The summed E-state index contributed by atoms with van der Waals surface area (Å²) in [6.07, 6.45) is 3.04. The molecule has 0 bridgehead atoms. The number of rotatable bonds is 5. The molecule has 2 aliphatic heterocycles. The Hall–Kier alpha value is -2.86. The van der Waals surface area contributed by atoms with Crippen molar-refractivity contribution in [3.63, 3.8) is 0 Å². The first-order valence-electron chi connectivity index (χ1n) is 9.74. The van der Waals surface area contributed by atoms with Crippen LogP contribution in [-0.4, -0.2) is 38.1 Å². The minimum Gasteiger partial charge on any atom is -0.497 e. The van der Waals surface area contributed by atoms with Crippen molar-refractivity contribution in [3.8, 4) is 5.75 Å². The molecule has 2 aromatic rings. The predicted octanol–water partition coefficient (Wildman–Crippen LogP) is 2.52. The summed E-state index contributed by atoms with van der Waals surface area (Å²) in [4.78, 5) is 27.1. The van der Waals surface area contributed by atoms with E-state index in [2.05, 4.69) is 10.6 Å². The number of hydrogen-bond acceptors (Lipinski definition) is 4. The molecule has 6 nitrogen and oxygen atoms in total. The number of benzene rings is 2. The largest absolute Gasteiger partial charge is 0.497 e. The third kappa shape index (κ3) is 3.87. The second-order valence-electron chi connectivity index (χ2n) is 7.31. The summed E-state index contributed by atoms with van der Waals surface area (Å²) < 4.78 is 5.24. The molecule has 1 atom stereocenters. The van der Waals surface area contributed by atoms with Crippen LogP contribution >= 0.6 is 0 Å². The van der Waals surface area contributed by atoms with Crippen LogP contribution in [0.15, 0.2) is 42.5 Å². The normalized spacial score (nSPS) is 18.0. The number of carbonyl (C=O) groups excluding carboxylic acids is 2. The Labute approximate surface area is 164 Å². The molecule has 0 spiro atoms. The van der Waals surface area contributed by atoms with E-state index in [1.165, 1.54) is 0 Å². The minimum atomic E-state index is -0.126. The van der Waals surface area contributed by atoms with Crippen molar-refractivity contribution >= 4 is 23.2 Å². The first-order valence-corrected chi connectivity index (χ1v) is 9.74. The highest BCUT2D eigenvalue weighted by Gasteiger charge is 2.26. The summed E-state index contributed by atoms with van der Waals surface area (Å²) in [5.41, 5.74) is 3.69. The summed E-state index contributed by atoms with van der Waals surface area (Å²) in [6.45, 7) is 1.55. The Bertz CT molecular complexity index is 890. The van der Waals surface area contributed by atoms with Crippen molar-refractivity contribution in [2.75, 3.05) is 30.4 Å². The quantitative estimate of drug-likeness (QED) is 0.838. The molecule has 0 saturated carbocycles. The van der Waals surface area contributed by atoms with Gasteiger partial charge in [0.1, 0.15) is 5.75 Å². The molecule has 6 heteroatoms. The number of amides is 2. The van der Waals surface area contributed by atoms with E-state index in [9.17, 15) is 9.59 Å². The van der Waals surface area contributed by atoms with E-state index in [-0.39, 0.29) is 17.9 Å². The lowest BCUT2D eigenvalue weighted by Gasteiger charge is -2.19. The van der Waals surface area contributed by atoms with Gasteiger partial charge in [-0.1, -0.05) is 18.2 Å². The first-order chi connectivity index (χ1) is 13.6. The topological polar surface area (TPSA) is 70.7 Å². The Morgan fingerprint density at radius 1 is 1.25 bits per heavy atom. The maximum Gasteiger partial charge on any atom is 0.241 e. The second kappa shape index (κ2) is 8.02. The molecule has 2 N–H and O–H groups in total. The predicted molar refractivity (Wildman–Crippen MR) is 109 cm³/mol. The van der Waals surface area contributed by atoms with Crippen molar-refractivity contribution in [1.82, 2.24) is 5.32 Å². The standard InChI is InChI=1S/C22H25N3O3/c1-28-18-5-2-4-15(12-18)13-21(26)25-11-9-16-7-8-17(14-20(16)25)24-22(27)19-6-3-10-23-19/h2,4-5,7-8,12,14,19,23H,3,6,9-11,13H2,1H3,(H,24,27). The number of fused-ring (bicyclic) bond motifs is 1. The van der Waals surface area contributed by atoms with E-state index in [1.807, 2.05) is 47.4 Å². The fraction of sp³-hybridized carbons (Fsp3) is 0.364. The summed E-state index contributed by atoms with van der Waals surface area (Å²) in [5, 5.41) is 6.19. The molecule has 0 aliphatic carbocycles. The molecule has 2 heterocycles. The van der Waals surface area contributed by atoms with Gasteiger partial charge in [-0.15, -0.1) is 0 Å². The highest BCUT2D eigenvalue weighted by molar-refractivity contribution is 5.99. The number of carbonyl (C=O) groups is 2. The summed E-state index contributed by atoms with van der Waals surface area (Å²) in [5.74, 6) is 0.787. The lowest BCUT2D eigenvalue weighted by Crippen LogP contribution is -2.35. The number of hydrogen-bond donors (Lipinski definition) is 2. The van der Waals surface area contributed by atoms with Gasteiger partial charge in [-0.05, 0) is 61.2 Å². The molecule has 4 rings (SSSR count). The van der Waals surface area contributed by atoms with Gasteiger partial charge in [0.25, 0.3) is 0 Å². The van der Waals surface area contributed by atoms with Gasteiger partial charge in [-0.2, -0.15) is 0 Å². The van der Waals surface area contributed by atoms with Crippen LogP contribution in [0.4, 0.5) is 11.4 Å². The number of nitrogens with one attached hydrogen (secondary N) is 2. The van der Waals surface area contributed by atoms with Gasteiger partial charge >= 0.3 is 0 Å². The number of methoxy groups -OCH3 is 1. The van der Waals surface area contributed by atoms with Gasteiger partial charge in [0.15, 0.2) is 0 Å². The summed E-state index contributed by atoms with van der Waals surface area (Å²) in [6, 6.07) is 13.3. The van der Waals surface area contributed by atoms with Gasteiger partial charge in [-0.3, -0.25) is 9.59 Å². The SMILES string of the molecule is COc1cccc(CC(=O)N2CCc3ccc(NC(=O)C4CCCN4)cc32)c1. The van der Waals surface area contributed by atoms with Gasteiger partial charge < -0.3 is 20.3 Å². The van der Waals surface area contributed by atoms with E-state index >= 15 is 0 Å². The molecular formula is C22H25N3O3. The Morgan fingerprint density at radius 2 is 2.14 bits per heavy atom. The fourth-order valence-corrected chi connectivity index (χ4v) is 3.91. The number of anilines is 2. The molecule has 2 aromatic carbocycles. The average Bonchev–Trinajstić information content (AvgIpc) is 3.38. The summed E-state index contributed by atoms with van der Waals surface area (Å²) in [7, 11) is 1.62. The summed E-state index contributed by atoms with van der Waals surface area (Å²) >= 11 is 0.